The highest BCUT2D eigenvalue weighted by molar-refractivity contribution is 7.86. The SMILES string of the molecule is CCCCCCCC[N+](CCCCCCCC)=PN[P+](N=P(N(C)C)(N(C)C)N(C)C)(N=P(N(C)C)(N(C)C)N(C)C)N=P(N(C)C)(N(C)C)N(C)C. The first-order chi connectivity index (χ1) is 24.6. The van der Waals surface area contributed by atoms with E-state index in [4.69, 9.17) is 13.5 Å². The number of nitrogens with zero attached hydrogens (tertiary/aromatic N) is 13. The molecule has 0 heterocycles. The van der Waals surface area contributed by atoms with Crippen molar-refractivity contribution >= 4 is 38.9 Å². The summed E-state index contributed by atoms with van der Waals surface area (Å²) in [5, 5.41) is 0. The van der Waals surface area contributed by atoms with Crippen LogP contribution in [-0.2, 0) is 0 Å². The van der Waals surface area contributed by atoms with Crippen LogP contribution in [0.15, 0.2) is 13.5 Å². The average Bonchev–Trinajstić information content (AvgIpc) is 3.04. The first-order valence-electron chi connectivity index (χ1n) is 19.7. The van der Waals surface area contributed by atoms with E-state index in [-0.39, 0.29) is 0 Å². The maximum Gasteiger partial charge on any atom is 0.463 e. The molecule has 0 aromatic heterocycles. The maximum atomic E-state index is 6.15. The minimum absolute atomic E-state index is 1.03. The fourth-order valence-corrected chi connectivity index (χ4v) is 27.7. The van der Waals surface area contributed by atoms with Gasteiger partial charge in [0.2, 0.25) is 22.5 Å². The number of hydrogen-bond acceptors (Lipinski definition) is 3. The van der Waals surface area contributed by atoms with Gasteiger partial charge in [0.25, 0.3) is 0 Å². The van der Waals surface area contributed by atoms with Crippen LogP contribution >= 0.6 is 38.9 Å². The van der Waals surface area contributed by atoms with Crippen molar-refractivity contribution in [3.8, 4) is 0 Å². The molecule has 0 rings (SSSR count). The van der Waals surface area contributed by atoms with Gasteiger partial charge in [0.15, 0.2) is 0 Å². The second-order valence-electron chi connectivity index (χ2n) is 15.8. The van der Waals surface area contributed by atoms with E-state index in [1.165, 1.54) is 77.0 Å². The fraction of sp³-hybridized carbons (Fsp3) is 1.00. The molecule has 0 unspecified atom stereocenters. The Morgan fingerprint density at radius 1 is 0.396 bits per heavy atom. The molecule has 0 fully saturated rings. The number of nitrogens with one attached hydrogen (secondary N) is 1. The summed E-state index contributed by atoms with van der Waals surface area (Å²) < 4.78 is 41.8. The molecule has 0 spiro atoms. The molecule has 0 saturated heterocycles. The average molecular weight is 849 g/mol. The van der Waals surface area contributed by atoms with Gasteiger partial charge in [0, 0.05) is 12.8 Å². The Kier molecular flexibility index (Phi) is 26.4. The van der Waals surface area contributed by atoms with Crippen LogP contribution in [0.5, 0.6) is 0 Å². The molecule has 0 aliphatic carbocycles. The smallest absolute Gasteiger partial charge is 0.249 e. The van der Waals surface area contributed by atoms with Crippen LogP contribution in [0.3, 0.4) is 0 Å². The second-order valence-corrected chi connectivity index (χ2v) is 31.0. The summed E-state index contributed by atoms with van der Waals surface area (Å²) >= 11 is 0. The fourth-order valence-electron chi connectivity index (χ4n) is 7.04. The molecule has 0 saturated carbocycles. The zero-order chi connectivity index (χ0) is 41.2. The first kappa shape index (κ1) is 53.8. The van der Waals surface area contributed by atoms with Crippen LogP contribution in [0, 0.1) is 0 Å². The third-order valence-electron chi connectivity index (χ3n) is 9.42. The minimum atomic E-state index is -3.16. The molecule has 0 aromatic rings. The van der Waals surface area contributed by atoms with Crippen LogP contribution in [-0.4, -0.2) is 186 Å². The van der Waals surface area contributed by atoms with E-state index in [0.29, 0.717) is 0 Å². The van der Waals surface area contributed by atoms with Gasteiger partial charge in [-0.15, -0.1) is 0 Å². The summed E-state index contributed by atoms with van der Waals surface area (Å²) in [6.07, 6.45) is 15.4. The quantitative estimate of drug-likeness (QED) is 0.0608. The molecule has 19 heteroatoms. The molecule has 0 aliphatic heterocycles. The van der Waals surface area contributed by atoms with E-state index in [9.17, 15) is 0 Å². The third-order valence-corrected chi connectivity index (χ3v) is 27.1. The zero-order valence-electron chi connectivity index (χ0n) is 38.4. The van der Waals surface area contributed by atoms with Gasteiger partial charge in [0.05, 0.1) is 0 Å². The molecule has 1 N–H and O–H groups in total. The van der Waals surface area contributed by atoms with Gasteiger partial charge in [-0.2, -0.15) is 0 Å². The van der Waals surface area contributed by atoms with Crippen molar-refractivity contribution in [2.24, 2.45) is 13.5 Å². The van der Waals surface area contributed by atoms with Gasteiger partial charge in [-0.05, 0) is 158 Å². The summed E-state index contributed by atoms with van der Waals surface area (Å²) in [5.41, 5.74) is 0. The topological polar surface area (TPSA) is 81.3 Å². The second kappa shape index (κ2) is 26.0. The van der Waals surface area contributed by atoms with E-state index in [1.54, 1.807) is 0 Å². The standard InChI is InChI=1S/C34H88N14P5/c1-21-23-25-27-29-31-33-48(34-32-30-28-26-24-22-2)49-35-50(36-51(39(3)4,40(5)6)41(7)8,37-52(42(9)10,43(11)12)44(13)14)38-53(45(15)16,46(17)18)47(19)20/h21-34H2,1-20H3/q+1/p+1. The lowest BCUT2D eigenvalue weighted by molar-refractivity contribution is -0.505. The largest absolute Gasteiger partial charge is 0.463 e. The van der Waals surface area contributed by atoms with Gasteiger partial charge < -0.3 is 0 Å². The van der Waals surface area contributed by atoms with E-state index in [0.717, 1.165) is 21.6 Å². The molecular formula is C34H89N14P5+2. The van der Waals surface area contributed by atoms with E-state index in [1.807, 2.05) is 0 Å². The molecule has 0 aromatic carbocycles. The Morgan fingerprint density at radius 2 is 0.623 bits per heavy atom. The minimum Gasteiger partial charge on any atom is -0.249 e. The highest BCUT2D eigenvalue weighted by atomic mass is 31.3. The molecule has 0 amide bonds. The van der Waals surface area contributed by atoms with Gasteiger partial charge in [-0.1, -0.05) is 65.2 Å². The number of hydrogen-bond donors (Lipinski definition) is 1. The van der Waals surface area contributed by atoms with Crippen molar-refractivity contribution in [2.45, 2.75) is 90.9 Å². The highest BCUT2D eigenvalue weighted by Crippen LogP contribution is 2.81. The number of unbranched alkanes of at least 4 members (excludes halogenated alkanes) is 10. The molecule has 0 bridgehead atoms. The highest BCUT2D eigenvalue weighted by Gasteiger charge is 2.54. The maximum absolute atomic E-state index is 6.15. The molecule has 318 valence electrons. The van der Waals surface area contributed by atoms with E-state index < -0.39 is 30.4 Å². The summed E-state index contributed by atoms with van der Waals surface area (Å²) in [6.45, 7) is 6.69. The normalized spacial score (nSPS) is 13.8. The van der Waals surface area contributed by atoms with E-state index in [2.05, 4.69) is 192 Å². The summed E-state index contributed by atoms with van der Waals surface area (Å²) in [6, 6.07) is 0. The lowest BCUT2D eigenvalue weighted by Gasteiger charge is -2.43. The Morgan fingerprint density at radius 3 is 0.849 bits per heavy atom. The summed E-state index contributed by atoms with van der Waals surface area (Å²) in [4.78, 5) is 4.17. The van der Waals surface area contributed by atoms with Gasteiger partial charge in [0.1, 0.15) is 13.1 Å². The van der Waals surface area contributed by atoms with Crippen LogP contribution in [0.1, 0.15) is 90.9 Å². The van der Waals surface area contributed by atoms with Crippen molar-refractivity contribution in [1.29, 1.82) is 0 Å². The summed E-state index contributed by atoms with van der Waals surface area (Å²) in [5.74, 6) is 0. The Bertz CT molecular complexity index is 1010. The van der Waals surface area contributed by atoms with Crippen molar-refractivity contribution < 1.29 is 4.33 Å². The van der Waals surface area contributed by atoms with Crippen molar-refractivity contribution in [3.05, 3.63) is 0 Å². The lowest BCUT2D eigenvalue weighted by atomic mass is 10.1. The molecule has 0 aliphatic rings. The molecule has 53 heavy (non-hydrogen) atoms. The van der Waals surface area contributed by atoms with E-state index >= 15 is 0 Å². The zero-order valence-corrected chi connectivity index (χ0v) is 42.9. The van der Waals surface area contributed by atoms with Crippen LogP contribution in [0.2, 0.25) is 0 Å². The van der Waals surface area contributed by atoms with Crippen molar-refractivity contribution in [3.63, 3.8) is 0 Å². The number of rotatable bonds is 28. The molecule has 14 nitrogen and oxygen atoms in total. The van der Waals surface area contributed by atoms with Gasteiger partial charge >= 0.3 is 16.4 Å². The monoisotopic (exact) mass is 849 g/mol. The van der Waals surface area contributed by atoms with Crippen molar-refractivity contribution in [1.82, 2.24) is 46.9 Å². The third kappa shape index (κ3) is 15.2. The van der Waals surface area contributed by atoms with Crippen LogP contribution in [0.25, 0.3) is 0 Å². The van der Waals surface area contributed by atoms with Crippen LogP contribution < -0.4 is 4.86 Å². The van der Waals surface area contributed by atoms with Gasteiger partial charge in [-0.25, -0.2) is 46.4 Å². The van der Waals surface area contributed by atoms with Crippen LogP contribution in [0.4, 0.5) is 0 Å². The summed E-state index contributed by atoms with van der Waals surface area (Å²) in [7, 11) is 29.2. The Hall–Kier alpha value is 0.820. The van der Waals surface area contributed by atoms with Crippen molar-refractivity contribution in [2.75, 3.05) is 140 Å². The Labute approximate surface area is 333 Å². The lowest BCUT2D eigenvalue weighted by Crippen LogP contribution is -2.33. The molecular weight excluding hydrogens is 759 g/mol. The molecule has 0 atom stereocenters. The van der Waals surface area contributed by atoms with Gasteiger partial charge in [-0.3, -0.25) is 0 Å². The molecule has 0 radical (unpaired) electrons. The Balaban J connectivity index is 8.62. The first-order valence-corrected chi connectivity index (χ1v) is 27.0. The predicted octanol–water partition coefficient (Wildman–Crippen LogP) is 9.92. The predicted molar refractivity (Wildman–Crippen MR) is 245 cm³/mol.